The van der Waals surface area contributed by atoms with E-state index in [1.165, 1.54) is 12.8 Å². The highest BCUT2D eigenvalue weighted by Crippen LogP contribution is 2.22. The summed E-state index contributed by atoms with van der Waals surface area (Å²) < 4.78 is 0. The number of nitro benzene ring substituents is 1. The van der Waals surface area contributed by atoms with Crippen LogP contribution in [0.4, 0.5) is 5.69 Å². The number of β-amino-alcohol motifs (C(OH)–C–C–N with tert-alkyl or cyclic N) is 1. The van der Waals surface area contributed by atoms with Gasteiger partial charge in [0.2, 0.25) is 0 Å². The fourth-order valence-electron chi connectivity index (χ4n) is 3.77. The minimum absolute atomic E-state index is 0.144. The Labute approximate surface area is 136 Å². The van der Waals surface area contributed by atoms with Gasteiger partial charge in [-0.2, -0.15) is 0 Å². The summed E-state index contributed by atoms with van der Waals surface area (Å²) in [5.41, 5.74) is 1.28. The topological polar surface area (TPSA) is 69.9 Å². The summed E-state index contributed by atoms with van der Waals surface area (Å²) >= 11 is 0. The first-order chi connectivity index (χ1) is 11.1. The summed E-state index contributed by atoms with van der Waals surface area (Å²) in [5.74, 6) is 0.659. The fourth-order valence-corrected chi connectivity index (χ4v) is 3.77. The van der Waals surface area contributed by atoms with Crippen molar-refractivity contribution >= 4 is 5.69 Å². The number of hydrogen-bond acceptors (Lipinski definition) is 5. The van der Waals surface area contributed by atoms with Gasteiger partial charge in [-0.25, -0.2) is 0 Å². The second-order valence-corrected chi connectivity index (χ2v) is 6.87. The Hall–Kier alpha value is -1.50. The van der Waals surface area contributed by atoms with Gasteiger partial charge in [0.05, 0.1) is 11.0 Å². The number of benzene rings is 1. The van der Waals surface area contributed by atoms with Gasteiger partial charge in [0.1, 0.15) is 0 Å². The molecular weight excluding hydrogens is 294 g/mol. The fraction of sp³-hybridized carbons (Fsp3) is 0.647. The van der Waals surface area contributed by atoms with E-state index in [0.29, 0.717) is 5.92 Å². The predicted octanol–water partition coefficient (Wildman–Crippen LogP) is 1.87. The lowest BCUT2D eigenvalue weighted by atomic mass is 9.97. The van der Waals surface area contributed by atoms with Crippen molar-refractivity contribution in [3.8, 4) is 0 Å². The van der Waals surface area contributed by atoms with Crippen LogP contribution in [0.15, 0.2) is 24.3 Å². The van der Waals surface area contributed by atoms with Crippen molar-refractivity contribution in [2.24, 2.45) is 5.92 Å². The molecule has 0 bridgehead atoms. The third kappa shape index (κ3) is 4.50. The van der Waals surface area contributed by atoms with E-state index in [2.05, 4.69) is 9.80 Å². The monoisotopic (exact) mass is 319 g/mol. The molecule has 126 valence electrons. The van der Waals surface area contributed by atoms with Crippen LogP contribution in [0.2, 0.25) is 0 Å². The molecule has 6 heteroatoms. The summed E-state index contributed by atoms with van der Waals surface area (Å²) in [7, 11) is 0. The molecule has 2 aliphatic heterocycles. The van der Waals surface area contributed by atoms with E-state index in [1.54, 1.807) is 12.1 Å². The van der Waals surface area contributed by atoms with Crippen LogP contribution in [-0.2, 0) is 6.54 Å². The van der Waals surface area contributed by atoms with Crippen molar-refractivity contribution in [2.75, 3.05) is 32.7 Å². The standard InChI is InChI=1S/C17H25N3O3/c21-17-7-9-19(13-17)12-15-2-1-8-18(11-15)10-14-3-5-16(6-4-14)20(22)23/h3-6,15,17,21H,1-2,7-13H2. The highest BCUT2D eigenvalue weighted by Gasteiger charge is 2.26. The number of aliphatic hydroxyl groups excluding tert-OH is 1. The van der Waals surface area contributed by atoms with Crippen LogP contribution in [-0.4, -0.2) is 58.7 Å². The van der Waals surface area contributed by atoms with E-state index < -0.39 is 0 Å². The molecule has 0 spiro atoms. The normalized spacial score (nSPS) is 26.5. The van der Waals surface area contributed by atoms with Crippen LogP contribution in [0.1, 0.15) is 24.8 Å². The van der Waals surface area contributed by atoms with Crippen molar-refractivity contribution in [3.63, 3.8) is 0 Å². The Kier molecular flexibility index (Phi) is 5.25. The second kappa shape index (κ2) is 7.38. The largest absolute Gasteiger partial charge is 0.392 e. The van der Waals surface area contributed by atoms with E-state index in [4.69, 9.17) is 0 Å². The van der Waals surface area contributed by atoms with Crippen LogP contribution in [0.25, 0.3) is 0 Å². The number of non-ortho nitro benzene ring substituents is 1. The zero-order chi connectivity index (χ0) is 16.2. The van der Waals surface area contributed by atoms with Gasteiger partial charge >= 0.3 is 0 Å². The van der Waals surface area contributed by atoms with Crippen LogP contribution in [0, 0.1) is 16.0 Å². The first kappa shape index (κ1) is 16.4. The summed E-state index contributed by atoms with van der Waals surface area (Å²) in [4.78, 5) is 15.2. The van der Waals surface area contributed by atoms with Crippen LogP contribution >= 0.6 is 0 Å². The Balaban J connectivity index is 1.51. The minimum Gasteiger partial charge on any atom is -0.392 e. The Morgan fingerprint density at radius 3 is 2.57 bits per heavy atom. The molecular formula is C17H25N3O3. The predicted molar refractivity (Wildman–Crippen MR) is 88.2 cm³/mol. The molecule has 2 unspecified atom stereocenters. The van der Waals surface area contributed by atoms with Crippen LogP contribution in [0.3, 0.4) is 0 Å². The molecule has 0 aliphatic carbocycles. The SMILES string of the molecule is O=[N+]([O-])c1ccc(CN2CCCC(CN3CCC(O)C3)C2)cc1. The maximum atomic E-state index is 10.7. The lowest BCUT2D eigenvalue weighted by Gasteiger charge is -2.34. The molecule has 2 aliphatic rings. The first-order valence-electron chi connectivity index (χ1n) is 8.46. The zero-order valence-corrected chi connectivity index (χ0v) is 13.4. The van der Waals surface area contributed by atoms with Crippen molar-refractivity contribution in [1.82, 2.24) is 9.80 Å². The molecule has 1 aromatic rings. The van der Waals surface area contributed by atoms with Crippen molar-refractivity contribution in [1.29, 1.82) is 0 Å². The van der Waals surface area contributed by atoms with Gasteiger partial charge in [0.25, 0.3) is 5.69 Å². The third-order valence-electron chi connectivity index (χ3n) is 4.92. The molecule has 0 amide bonds. The molecule has 23 heavy (non-hydrogen) atoms. The maximum absolute atomic E-state index is 10.7. The minimum atomic E-state index is -0.356. The highest BCUT2D eigenvalue weighted by atomic mass is 16.6. The maximum Gasteiger partial charge on any atom is 0.269 e. The second-order valence-electron chi connectivity index (χ2n) is 6.87. The number of nitro groups is 1. The molecule has 2 heterocycles. The lowest BCUT2D eigenvalue weighted by Crippen LogP contribution is -2.40. The van der Waals surface area contributed by atoms with Gasteiger partial charge in [0.15, 0.2) is 0 Å². The average Bonchev–Trinajstić information content (AvgIpc) is 2.93. The third-order valence-corrected chi connectivity index (χ3v) is 4.92. The van der Waals surface area contributed by atoms with Gasteiger partial charge in [0, 0.05) is 44.9 Å². The summed E-state index contributed by atoms with van der Waals surface area (Å²) in [6.45, 7) is 5.93. The number of aliphatic hydroxyl groups is 1. The average molecular weight is 319 g/mol. The van der Waals surface area contributed by atoms with Crippen LogP contribution < -0.4 is 0 Å². The molecule has 0 aromatic heterocycles. The van der Waals surface area contributed by atoms with Gasteiger partial charge in [-0.05, 0) is 37.3 Å². The number of piperidine rings is 1. The van der Waals surface area contributed by atoms with Crippen molar-refractivity contribution < 1.29 is 10.0 Å². The molecule has 0 radical (unpaired) electrons. The number of likely N-dealkylation sites (tertiary alicyclic amines) is 2. The molecule has 3 rings (SSSR count). The number of nitrogens with zero attached hydrogens (tertiary/aromatic N) is 3. The molecule has 1 aromatic carbocycles. The van der Waals surface area contributed by atoms with Gasteiger partial charge in [-0.3, -0.25) is 15.0 Å². The number of hydrogen-bond donors (Lipinski definition) is 1. The number of rotatable bonds is 5. The summed E-state index contributed by atoms with van der Waals surface area (Å²) in [5, 5.41) is 20.3. The molecule has 0 saturated carbocycles. The van der Waals surface area contributed by atoms with Gasteiger partial charge < -0.3 is 10.0 Å². The van der Waals surface area contributed by atoms with Crippen LogP contribution in [0.5, 0.6) is 0 Å². The summed E-state index contributed by atoms with van der Waals surface area (Å²) in [6, 6.07) is 6.89. The van der Waals surface area contributed by atoms with E-state index >= 15 is 0 Å². The van der Waals surface area contributed by atoms with Gasteiger partial charge in [-0.15, -0.1) is 0 Å². The molecule has 2 atom stereocenters. The Morgan fingerprint density at radius 2 is 1.91 bits per heavy atom. The lowest BCUT2D eigenvalue weighted by molar-refractivity contribution is -0.384. The van der Waals surface area contributed by atoms with Crippen molar-refractivity contribution in [2.45, 2.75) is 31.9 Å². The van der Waals surface area contributed by atoms with E-state index in [0.717, 1.165) is 51.3 Å². The zero-order valence-electron chi connectivity index (χ0n) is 13.4. The van der Waals surface area contributed by atoms with Gasteiger partial charge in [-0.1, -0.05) is 12.1 Å². The van der Waals surface area contributed by atoms with E-state index in [9.17, 15) is 15.2 Å². The quantitative estimate of drug-likeness (QED) is 0.663. The van der Waals surface area contributed by atoms with E-state index in [-0.39, 0.29) is 16.7 Å². The molecule has 2 saturated heterocycles. The van der Waals surface area contributed by atoms with E-state index in [1.807, 2.05) is 12.1 Å². The molecule has 1 N–H and O–H groups in total. The highest BCUT2D eigenvalue weighted by molar-refractivity contribution is 5.32. The Morgan fingerprint density at radius 1 is 1.13 bits per heavy atom. The first-order valence-corrected chi connectivity index (χ1v) is 8.46. The van der Waals surface area contributed by atoms with Crippen molar-refractivity contribution in [3.05, 3.63) is 39.9 Å². The summed E-state index contributed by atoms with van der Waals surface area (Å²) in [6.07, 6.45) is 3.21. The smallest absolute Gasteiger partial charge is 0.269 e. The molecule has 2 fully saturated rings. The Bertz CT molecular complexity index is 534. The molecule has 6 nitrogen and oxygen atoms in total.